The second-order valence-corrected chi connectivity index (χ2v) is 16.8. The molecule has 4 nitrogen and oxygen atoms in total. The van der Waals surface area contributed by atoms with Crippen LogP contribution in [0.5, 0.6) is 0 Å². The van der Waals surface area contributed by atoms with Gasteiger partial charge < -0.3 is 18.6 Å². The van der Waals surface area contributed by atoms with E-state index < -0.39 is 0 Å². The predicted octanol–water partition coefficient (Wildman–Crippen LogP) is 8.62. The van der Waals surface area contributed by atoms with Gasteiger partial charge in [0.2, 0.25) is 0 Å². The van der Waals surface area contributed by atoms with Gasteiger partial charge in [-0.2, -0.15) is 0 Å². The molecule has 0 atom stereocenters. The molecule has 4 heterocycles. The summed E-state index contributed by atoms with van der Waals surface area (Å²) in [6.45, 7) is 21.8. The number of thiophene rings is 2. The quantitative estimate of drug-likeness (QED) is 0.181. The Morgan fingerprint density at radius 1 is 0.537 bits per heavy atom. The van der Waals surface area contributed by atoms with Crippen LogP contribution in [0.4, 0.5) is 0 Å². The summed E-state index contributed by atoms with van der Waals surface area (Å²) in [5, 5.41) is 0. The Kier molecular flexibility index (Phi) is 8.82. The summed E-state index contributed by atoms with van der Waals surface area (Å²) in [7, 11) is -0.640. The molecule has 5 rings (SSSR count). The van der Waals surface area contributed by atoms with Crippen molar-refractivity contribution in [3.8, 4) is 9.75 Å². The van der Waals surface area contributed by atoms with Gasteiger partial charge in [-0.05, 0) is 91.5 Å². The molecule has 2 saturated heterocycles. The molecule has 0 radical (unpaired) electrons. The zero-order chi connectivity index (χ0) is 29.8. The number of rotatable bonds is 12. The molecular weight excluding hydrogens is 546 g/mol. The average Bonchev–Trinajstić information content (AvgIpc) is 3.63. The van der Waals surface area contributed by atoms with Crippen LogP contribution in [0.15, 0.2) is 12.1 Å². The molecular formula is C33H52B2O4S2. The molecule has 0 amide bonds. The molecule has 2 aliphatic heterocycles. The van der Waals surface area contributed by atoms with Crippen LogP contribution in [0, 0.1) is 0 Å². The number of fused-ring (bicyclic) bond motifs is 3. The predicted molar refractivity (Wildman–Crippen MR) is 177 cm³/mol. The fourth-order valence-corrected chi connectivity index (χ4v) is 9.13. The Bertz CT molecular complexity index is 1100. The standard InChI is InChI=1S/C33H52B2O4S2/c1-11-13-15-17-19-33(20-18-16-14-12-2)23-21-25(34-36-29(3,4)30(5,6)37-34)40-27(23)28-24(33)22-26(41-28)35-38-31(7,8)32(9,10)39-35/h21-22H,11-20H2,1-10H3. The van der Waals surface area contributed by atoms with Crippen molar-refractivity contribution >= 4 is 46.5 Å². The van der Waals surface area contributed by atoms with Gasteiger partial charge in [-0.1, -0.05) is 65.2 Å². The van der Waals surface area contributed by atoms with Crippen LogP contribution in [-0.4, -0.2) is 36.6 Å². The van der Waals surface area contributed by atoms with Crippen LogP contribution in [-0.2, 0) is 24.0 Å². The summed E-state index contributed by atoms with van der Waals surface area (Å²) in [5.74, 6) is 0. The van der Waals surface area contributed by atoms with E-state index in [1.165, 1.54) is 94.6 Å². The van der Waals surface area contributed by atoms with E-state index in [0.29, 0.717) is 0 Å². The molecule has 0 spiro atoms. The highest BCUT2D eigenvalue weighted by Gasteiger charge is 2.56. The lowest BCUT2D eigenvalue weighted by Gasteiger charge is -2.32. The molecule has 0 N–H and O–H groups in total. The van der Waals surface area contributed by atoms with Crippen molar-refractivity contribution in [2.75, 3.05) is 0 Å². The molecule has 226 valence electrons. The third-order valence-electron chi connectivity index (χ3n) is 10.6. The fourth-order valence-electron chi connectivity index (χ4n) is 6.54. The lowest BCUT2D eigenvalue weighted by molar-refractivity contribution is 0.00578. The first-order valence-corrected chi connectivity index (χ1v) is 17.8. The molecule has 1 aliphatic carbocycles. The highest BCUT2D eigenvalue weighted by molar-refractivity contribution is 7.31. The van der Waals surface area contributed by atoms with Crippen LogP contribution in [0.25, 0.3) is 9.75 Å². The molecule has 3 aliphatic rings. The second-order valence-electron chi connectivity index (χ2n) is 14.7. The van der Waals surface area contributed by atoms with E-state index in [2.05, 4.69) is 81.4 Å². The van der Waals surface area contributed by atoms with Gasteiger partial charge in [-0.3, -0.25) is 0 Å². The van der Waals surface area contributed by atoms with Crippen molar-refractivity contribution < 1.29 is 18.6 Å². The summed E-state index contributed by atoms with van der Waals surface area (Å²) < 4.78 is 28.6. The Balaban J connectivity index is 1.57. The summed E-state index contributed by atoms with van der Waals surface area (Å²) in [6, 6.07) is 4.92. The molecule has 8 heteroatoms. The van der Waals surface area contributed by atoms with Gasteiger partial charge in [0, 0.05) is 24.7 Å². The smallest absolute Gasteiger partial charge is 0.399 e. The summed E-state index contributed by atoms with van der Waals surface area (Å²) in [5.41, 5.74) is 1.68. The Morgan fingerprint density at radius 3 is 1.20 bits per heavy atom. The zero-order valence-electron chi connectivity index (χ0n) is 27.3. The van der Waals surface area contributed by atoms with E-state index >= 15 is 0 Å². The van der Waals surface area contributed by atoms with Gasteiger partial charge >= 0.3 is 14.2 Å². The molecule has 0 saturated carbocycles. The first-order valence-electron chi connectivity index (χ1n) is 16.2. The van der Waals surface area contributed by atoms with Gasteiger partial charge in [-0.15, -0.1) is 22.7 Å². The molecule has 41 heavy (non-hydrogen) atoms. The zero-order valence-corrected chi connectivity index (χ0v) is 29.0. The van der Waals surface area contributed by atoms with Gasteiger partial charge in [0.1, 0.15) is 0 Å². The van der Waals surface area contributed by atoms with E-state index in [9.17, 15) is 0 Å². The Morgan fingerprint density at radius 2 is 0.878 bits per heavy atom. The van der Waals surface area contributed by atoms with E-state index in [1.54, 1.807) is 0 Å². The highest BCUT2D eigenvalue weighted by atomic mass is 32.1. The maximum Gasteiger partial charge on any atom is 0.505 e. The molecule has 2 fully saturated rings. The lowest BCUT2D eigenvalue weighted by atomic mass is 9.70. The SMILES string of the molecule is CCCCCCC1(CCCCCC)c2cc(B3OC(C)(C)C(C)(C)O3)sc2-c2sc(B3OC(C)(C)C(C)(C)O3)cc21. The van der Waals surface area contributed by atoms with E-state index in [4.69, 9.17) is 18.6 Å². The van der Waals surface area contributed by atoms with Crippen molar-refractivity contribution in [1.82, 2.24) is 0 Å². The highest BCUT2D eigenvalue weighted by Crippen LogP contribution is 2.58. The molecule has 0 unspecified atom stereocenters. The third kappa shape index (κ3) is 5.57. The lowest BCUT2D eigenvalue weighted by Crippen LogP contribution is -2.41. The number of hydrogen-bond donors (Lipinski definition) is 0. The van der Waals surface area contributed by atoms with Crippen LogP contribution in [0.3, 0.4) is 0 Å². The van der Waals surface area contributed by atoms with E-state index in [0.717, 1.165) is 0 Å². The monoisotopic (exact) mass is 598 g/mol. The van der Waals surface area contributed by atoms with Crippen molar-refractivity contribution in [1.29, 1.82) is 0 Å². The summed E-state index contributed by atoms with van der Waals surface area (Å²) in [6.07, 6.45) is 12.6. The number of hydrogen-bond acceptors (Lipinski definition) is 6. The number of unbranched alkanes of at least 4 members (excludes halogenated alkanes) is 6. The van der Waals surface area contributed by atoms with Crippen molar-refractivity contribution in [3.05, 3.63) is 23.3 Å². The molecule has 2 aromatic heterocycles. The first-order chi connectivity index (χ1) is 19.2. The first kappa shape index (κ1) is 31.8. The van der Waals surface area contributed by atoms with Gasteiger partial charge in [0.15, 0.2) is 0 Å². The van der Waals surface area contributed by atoms with Crippen molar-refractivity contribution in [2.24, 2.45) is 0 Å². The van der Waals surface area contributed by atoms with Gasteiger partial charge in [-0.25, -0.2) is 0 Å². The fraction of sp³-hybridized carbons (Fsp3) is 0.758. The van der Waals surface area contributed by atoms with E-state index in [1.807, 2.05) is 22.7 Å². The third-order valence-corrected chi connectivity index (χ3v) is 13.1. The van der Waals surface area contributed by atoms with Crippen LogP contribution in [0.2, 0.25) is 0 Å². The van der Waals surface area contributed by atoms with E-state index in [-0.39, 0.29) is 42.1 Å². The maximum absolute atomic E-state index is 6.55. The minimum atomic E-state index is -0.346. The normalized spacial score (nSPS) is 22.9. The molecule has 0 bridgehead atoms. The average molecular weight is 599 g/mol. The summed E-state index contributed by atoms with van der Waals surface area (Å²) >= 11 is 3.77. The minimum absolute atomic E-state index is 0.0307. The van der Waals surface area contributed by atoms with Crippen LogP contribution in [0.1, 0.15) is 145 Å². The topological polar surface area (TPSA) is 36.9 Å². The van der Waals surface area contributed by atoms with Crippen LogP contribution < -0.4 is 9.55 Å². The second kappa shape index (κ2) is 11.4. The molecule has 0 aromatic carbocycles. The largest absolute Gasteiger partial charge is 0.505 e. The minimum Gasteiger partial charge on any atom is -0.399 e. The maximum atomic E-state index is 6.55. The Labute approximate surface area is 258 Å². The van der Waals surface area contributed by atoms with Gasteiger partial charge in [0.05, 0.1) is 22.4 Å². The van der Waals surface area contributed by atoms with Crippen molar-refractivity contribution in [3.63, 3.8) is 0 Å². The Hall–Kier alpha value is -0.630. The molecule has 2 aromatic rings. The summed E-state index contributed by atoms with van der Waals surface area (Å²) in [4.78, 5) is 2.84. The van der Waals surface area contributed by atoms with Gasteiger partial charge in [0.25, 0.3) is 0 Å². The van der Waals surface area contributed by atoms with Crippen molar-refractivity contribution in [2.45, 2.75) is 161 Å². The van der Waals surface area contributed by atoms with Crippen LogP contribution >= 0.6 is 22.7 Å².